The van der Waals surface area contributed by atoms with Gasteiger partial charge in [0.2, 0.25) is 41.4 Å². The quantitative estimate of drug-likeness (QED) is 0.0606. The van der Waals surface area contributed by atoms with Crippen LogP contribution in [0.2, 0.25) is 0 Å². The molecule has 0 bridgehead atoms. The van der Waals surface area contributed by atoms with Gasteiger partial charge in [-0.3, -0.25) is 33.6 Å². The number of carboxylic acids is 1. The van der Waals surface area contributed by atoms with E-state index in [2.05, 4.69) is 31.9 Å². The van der Waals surface area contributed by atoms with Gasteiger partial charge in [0.25, 0.3) is 0 Å². The number of aliphatic hydroxyl groups excluding tert-OH is 1. The lowest BCUT2D eigenvalue weighted by molar-refractivity contribution is -0.145. The molecule has 0 aliphatic heterocycles. The zero-order chi connectivity index (χ0) is 38.1. The van der Waals surface area contributed by atoms with Crippen molar-refractivity contribution in [3.05, 3.63) is 35.9 Å². The highest BCUT2D eigenvalue weighted by Crippen LogP contribution is 2.09. The Morgan fingerprint density at radius 1 is 0.720 bits per heavy atom. The van der Waals surface area contributed by atoms with Crippen molar-refractivity contribution in [2.24, 2.45) is 23.3 Å². The minimum Gasteiger partial charge on any atom is -0.480 e. The molecule has 0 aliphatic rings. The molecule has 50 heavy (non-hydrogen) atoms. The standard InChI is InChI=1S/C32H50N8O10/c1-6-17(4)26(30(47)36-15-23(43)38-25(16(2)3)31(48)40-27(18(5)41)32(49)50)39-24(44)14-35-29(46)21(13-22(34)42)37-28(45)20(33)12-19-10-8-7-9-11-19/h7-11,16-18,20-21,25-27,41H,6,12-15,33H2,1-5H3,(H2,34,42)(H,35,46)(H,36,47)(H,37,45)(H,38,43)(H,39,44)(H,40,48)(H,49,50)/t17-,18+,20-,21-,25-,26-,27-/m0/s1. The van der Waals surface area contributed by atoms with E-state index in [9.17, 15) is 48.6 Å². The number of nitrogens with one attached hydrogen (secondary N) is 6. The molecule has 0 heterocycles. The normalized spacial score (nSPS) is 15.1. The molecule has 7 atom stereocenters. The van der Waals surface area contributed by atoms with Crippen molar-refractivity contribution < 1.29 is 48.6 Å². The summed E-state index contributed by atoms with van der Waals surface area (Å²) in [7, 11) is 0. The molecule has 0 radical (unpaired) electrons. The minimum atomic E-state index is -1.61. The summed E-state index contributed by atoms with van der Waals surface area (Å²) in [6.07, 6.45) is -1.40. The van der Waals surface area contributed by atoms with E-state index in [1.807, 2.05) is 0 Å². The van der Waals surface area contributed by atoms with Crippen molar-refractivity contribution in [2.75, 3.05) is 13.1 Å². The van der Waals surface area contributed by atoms with E-state index in [1.165, 1.54) is 6.92 Å². The molecule has 0 saturated carbocycles. The zero-order valence-electron chi connectivity index (χ0n) is 28.9. The van der Waals surface area contributed by atoms with Gasteiger partial charge >= 0.3 is 5.97 Å². The fourth-order valence-electron chi connectivity index (χ4n) is 4.54. The number of carbonyl (C=O) groups excluding carboxylic acids is 7. The van der Waals surface area contributed by atoms with Gasteiger partial charge in [-0.15, -0.1) is 0 Å². The summed E-state index contributed by atoms with van der Waals surface area (Å²) in [4.78, 5) is 99.6. The number of nitrogens with two attached hydrogens (primary N) is 2. The van der Waals surface area contributed by atoms with Crippen LogP contribution in [-0.4, -0.2) is 107 Å². The average Bonchev–Trinajstić information content (AvgIpc) is 3.05. The molecule has 0 aromatic heterocycles. The maximum Gasteiger partial charge on any atom is 0.328 e. The molecule has 7 amide bonds. The van der Waals surface area contributed by atoms with Crippen molar-refractivity contribution in [1.82, 2.24) is 31.9 Å². The SMILES string of the molecule is CC[C@H](C)[C@H](NC(=O)CNC(=O)[C@H](CC(N)=O)NC(=O)[C@@H](N)Cc1ccccc1)C(=O)NCC(=O)N[C@H](C(=O)N[C@H](C(=O)O)[C@@H](C)O)C(C)C. The van der Waals surface area contributed by atoms with Gasteiger partial charge in [-0.2, -0.15) is 0 Å². The molecule has 0 spiro atoms. The van der Waals surface area contributed by atoms with Crippen LogP contribution in [0, 0.1) is 11.8 Å². The number of benzene rings is 1. The number of carbonyl (C=O) groups is 8. The Labute approximate surface area is 290 Å². The summed E-state index contributed by atoms with van der Waals surface area (Å²) in [6, 6.07) is 2.44. The van der Waals surface area contributed by atoms with Gasteiger partial charge in [-0.25, -0.2) is 4.79 Å². The van der Waals surface area contributed by atoms with E-state index in [0.717, 1.165) is 5.56 Å². The monoisotopic (exact) mass is 706 g/mol. The third-order valence-electron chi connectivity index (χ3n) is 7.64. The van der Waals surface area contributed by atoms with Crippen LogP contribution in [0.4, 0.5) is 0 Å². The van der Waals surface area contributed by atoms with Crippen molar-refractivity contribution in [3.8, 4) is 0 Å². The zero-order valence-corrected chi connectivity index (χ0v) is 28.9. The fourth-order valence-corrected chi connectivity index (χ4v) is 4.54. The van der Waals surface area contributed by atoms with Gasteiger partial charge in [0, 0.05) is 0 Å². The van der Waals surface area contributed by atoms with Gasteiger partial charge in [0.15, 0.2) is 6.04 Å². The molecule has 1 rings (SSSR count). The maximum atomic E-state index is 13.0. The number of primary amides is 1. The van der Waals surface area contributed by atoms with E-state index < -0.39 is 115 Å². The van der Waals surface area contributed by atoms with Crippen LogP contribution in [0.1, 0.15) is 53.0 Å². The lowest BCUT2D eigenvalue weighted by Gasteiger charge is -2.26. The molecular formula is C32H50N8O10. The smallest absolute Gasteiger partial charge is 0.328 e. The van der Waals surface area contributed by atoms with Crippen molar-refractivity contribution >= 4 is 47.3 Å². The molecule has 18 nitrogen and oxygen atoms in total. The Hall–Kier alpha value is -5.10. The van der Waals surface area contributed by atoms with Crippen LogP contribution >= 0.6 is 0 Å². The number of hydrogen-bond acceptors (Lipinski definition) is 10. The van der Waals surface area contributed by atoms with Gasteiger partial charge in [-0.1, -0.05) is 64.4 Å². The molecule has 12 N–H and O–H groups in total. The topological polar surface area (TPSA) is 301 Å². The predicted molar refractivity (Wildman–Crippen MR) is 179 cm³/mol. The van der Waals surface area contributed by atoms with Crippen LogP contribution in [0.3, 0.4) is 0 Å². The Balaban J connectivity index is 2.81. The Bertz CT molecular complexity index is 1360. The summed E-state index contributed by atoms with van der Waals surface area (Å²) in [5.41, 5.74) is 12.0. The molecule has 1 aromatic carbocycles. The summed E-state index contributed by atoms with van der Waals surface area (Å²) < 4.78 is 0. The Kier molecular flexibility index (Phi) is 18.1. The fraction of sp³-hybridized carbons (Fsp3) is 0.562. The highest BCUT2D eigenvalue weighted by molar-refractivity contribution is 5.96. The summed E-state index contributed by atoms with van der Waals surface area (Å²) in [5, 5.41) is 33.0. The van der Waals surface area contributed by atoms with Gasteiger partial charge < -0.3 is 53.6 Å². The Morgan fingerprint density at radius 2 is 1.26 bits per heavy atom. The van der Waals surface area contributed by atoms with Crippen molar-refractivity contribution in [2.45, 2.75) is 90.2 Å². The average molecular weight is 707 g/mol. The highest BCUT2D eigenvalue weighted by Gasteiger charge is 2.32. The number of aliphatic hydroxyl groups is 1. The van der Waals surface area contributed by atoms with E-state index in [1.54, 1.807) is 58.0 Å². The summed E-state index contributed by atoms with van der Waals surface area (Å²) in [5.74, 6) is -8.10. The second-order valence-electron chi connectivity index (χ2n) is 12.2. The van der Waals surface area contributed by atoms with Gasteiger partial charge in [0.05, 0.1) is 31.7 Å². The minimum absolute atomic E-state index is 0.158. The molecule has 1 aromatic rings. The first-order valence-corrected chi connectivity index (χ1v) is 16.1. The number of carboxylic acid groups (broad SMARTS) is 1. The van der Waals surface area contributed by atoms with Crippen LogP contribution < -0.4 is 43.4 Å². The third-order valence-corrected chi connectivity index (χ3v) is 7.64. The second kappa shape index (κ2) is 21.1. The molecule has 0 saturated heterocycles. The molecular weight excluding hydrogens is 656 g/mol. The van der Waals surface area contributed by atoms with E-state index in [0.29, 0.717) is 6.42 Å². The number of aliphatic carboxylic acids is 1. The highest BCUT2D eigenvalue weighted by atomic mass is 16.4. The van der Waals surface area contributed by atoms with Crippen molar-refractivity contribution in [3.63, 3.8) is 0 Å². The molecule has 0 fully saturated rings. The first kappa shape index (κ1) is 42.9. The number of amides is 7. The van der Waals surface area contributed by atoms with Crippen LogP contribution in [0.25, 0.3) is 0 Å². The number of hydrogen-bond donors (Lipinski definition) is 10. The van der Waals surface area contributed by atoms with Crippen LogP contribution in [-0.2, 0) is 44.8 Å². The maximum absolute atomic E-state index is 13.0. The van der Waals surface area contributed by atoms with E-state index in [-0.39, 0.29) is 6.42 Å². The number of rotatable bonds is 21. The molecule has 0 unspecified atom stereocenters. The van der Waals surface area contributed by atoms with E-state index in [4.69, 9.17) is 11.5 Å². The molecule has 0 aliphatic carbocycles. The van der Waals surface area contributed by atoms with Gasteiger partial charge in [-0.05, 0) is 30.7 Å². The summed E-state index contributed by atoms with van der Waals surface area (Å²) >= 11 is 0. The summed E-state index contributed by atoms with van der Waals surface area (Å²) in [6.45, 7) is 6.56. The van der Waals surface area contributed by atoms with Crippen LogP contribution in [0.15, 0.2) is 30.3 Å². The lowest BCUT2D eigenvalue weighted by atomic mass is 9.98. The largest absolute Gasteiger partial charge is 0.480 e. The third kappa shape index (κ3) is 15.0. The van der Waals surface area contributed by atoms with Crippen LogP contribution in [0.5, 0.6) is 0 Å². The first-order chi connectivity index (χ1) is 23.4. The van der Waals surface area contributed by atoms with E-state index >= 15 is 0 Å². The molecule has 18 heteroatoms. The Morgan fingerprint density at radius 3 is 1.74 bits per heavy atom. The predicted octanol–water partition coefficient (Wildman–Crippen LogP) is -3.23. The first-order valence-electron chi connectivity index (χ1n) is 16.1. The molecule has 278 valence electrons. The lowest BCUT2D eigenvalue weighted by Crippen LogP contribution is -2.58. The van der Waals surface area contributed by atoms with Gasteiger partial charge in [0.1, 0.15) is 18.1 Å². The van der Waals surface area contributed by atoms with Crippen molar-refractivity contribution in [1.29, 1.82) is 0 Å². The second-order valence-corrected chi connectivity index (χ2v) is 12.2.